The molecule has 0 bridgehead atoms. The number of alkyl halides is 2. The smallest absolute Gasteiger partial charge is 0.387 e. The van der Waals surface area contributed by atoms with Gasteiger partial charge in [0.25, 0.3) is 0 Å². The third-order valence-corrected chi connectivity index (χ3v) is 3.23. The number of aliphatic imine (C=N–C) groups is 1. The van der Waals surface area contributed by atoms with E-state index in [0.717, 1.165) is 5.56 Å². The maximum absolute atomic E-state index is 12.5. The van der Waals surface area contributed by atoms with Crippen LogP contribution in [0.3, 0.4) is 0 Å². The maximum Gasteiger partial charge on any atom is 0.387 e. The Morgan fingerprint density at radius 1 is 1.32 bits per heavy atom. The summed E-state index contributed by atoms with van der Waals surface area (Å²) in [6.45, 7) is -0.313. The zero-order valence-corrected chi connectivity index (χ0v) is 17.1. The van der Waals surface area contributed by atoms with Gasteiger partial charge >= 0.3 is 6.61 Å². The highest BCUT2D eigenvalue weighted by atomic mass is 127. The fourth-order valence-corrected chi connectivity index (χ4v) is 1.97. The molecule has 0 saturated heterocycles. The van der Waals surface area contributed by atoms with E-state index in [1.807, 2.05) is 6.92 Å². The van der Waals surface area contributed by atoms with Gasteiger partial charge in [0.2, 0.25) is 5.91 Å². The lowest BCUT2D eigenvalue weighted by atomic mass is 10.1. The number of nitrogens with one attached hydrogen (secondary N) is 2. The van der Waals surface area contributed by atoms with E-state index in [0.29, 0.717) is 24.5 Å². The van der Waals surface area contributed by atoms with Gasteiger partial charge in [-0.15, -0.1) is 24.0 Å². The molecule has 6 nitrogen and oxygen atoms in total. The van der Waals surface area contributed by atoms with Crippen molar-refractivity contribution in [2.24, 2.45) is 4.99 Å². The fraction of sp³-hybridized carbons (Fsp3) is 0.500. The summed E-state index contributed by atoms with van der Waals surface area (Å²) in [6, 6.07) is 5.00. The van der Waals surface area contributed by atoms with Gasteiger partial charge in [-0.25, -0.2) is 0 Å². The van der Waals surface area contributed by atoms with Crippen LogP contribution in [0.15, 0.2) is 23.2 Å². The molecule has 2 N–H and O–H groups in total. The number of carbonyl (C=O) groups is 1. The number of amides is 1. The molecule has 1 aromatic rings. The molecule has 25 heavy (non-hydrogen) atoms. The molecule has 0 heterocycles. The van der Waals surface area contributed by atoms with Gasteiger partial charge < -0.3 is 20.3 Å². The fourth-order valence-electron chi connectivity index (χ4n) is 1.97. The molecule has 0 aliphatic heterocycles. The van der Waals surface area contributed by atoms with Crippen LogP contribution in [-0.2, 0) is 11.3 Å². The number of nitrogens with zero attached hydrogens (tertiary/aromatic N) is 2. The van der Waals surface area contributed by atoms with Crippen molar-refractivity contribution in [2.45, 2.75) is 26.5 Å². The minimum absolute atomic E-state index is 0. The van der Waals surface area contributed by atoms with E-state index >= 15 is 0 Å². The van der Waals surface area contributed by atoms with Crippen LogP contribution in [0.2, 0.25) is 0 Å². The normalized spacial score (nSPS) is 10.9. The van der Waals surface area contributed by atoms with Gasteiger partial charge in [0, 0.05) is 46.2 Å². The van der Waals surface area contributed by atoms with E-state index in [1.165, 1.54) is 11.0 Å². The van der Waals surface area contributed by atoms with Gasteiger partial charge in [0.05, 0.1) is 0 Å². The van der Waals surface area contributed by atoms with Crippen LogP contribution >= 0.6 is 24.0 Å². The second-order valence-electron chi connectivity index (χ2n) is 5.38. The van der Waals surface area contributed by atoms with Crippen molar-refractivity contribution in [3.63, 3.8) is 0 Å². The Balaban J connectivity index is 0.00000576. The predicted octanol–water partition coefficient (Wildman–Crippen LogP) is 2.36. The first-order valence-electron chi connectivity index (χ1n) is 7.52. The lowest BCUT2D eigenvalue weighted by Crippen LogP contribution is -2.38. The van der Waals surface area contributed by atoms with Gasteiger partial charge in [-0.05, 0) is 13.0 Å². The molecule has 0 unspecified atom stereocenters. The molecule has 0 radical (unpaired) electrons. The lowest BCUT2D eigenvalue weighted by Gasteiger charge is -2.15. The summed E-state index contributed by atoms with van der Waals surface area (Å²) in [4.78, 5) is 17.1. The van der Waals surface area contributed by atoms with Gasteiger partial charge in [0.1, 0.15) is 5.75 Å². The maximum atomic E-state index is 12.5. The van der Waals surface area contributed by atoms with Crippen LogP contribution in [0.4, 0.5) is 8.78 Å². The second-order valence-corrected chi connectivity index (χ2v) is 5.38. The molecule has 0 spiro atoms. The van der Waals surface area contributed by atoms with Crippen LogP contribution < -0.4 is 15.4 Å². The summed E-state index contributed by atoms with van der Waals surface area (Å²) in [7, 11) is 4.98. The minimum Gasteiger partial charge on any atom is -0.434 e. The van der Waals surface area contributed by atoms with Crippen LogP contribution in [0, 0.1) is 6.92 Å². The molecule has 0 atom stereocenters. The van der Waals surface area contributed by atoms with Crippen molar-refractivity contribution in [1.82, 2.24) is 15.5 Å². The summed E-state index contributed by atoms with van der Waals surface area (Å²) >= 11 is 0. The van der Waals surface area contributed by atoms with Crippen molar-refractivity contribution < 1.29 is 18.3 Å². The predicted molar refractivity (Wildman–Crippen MR) is 105 cm³/mol. The first kappa shape index (κ1) is 23.4. The van der Waals surface area contributed by atoms with Crippen molar-refractivity contribution in [3.8, 4) is 5.75 Å². The second kappa shape index (κ2) is 11.8. The topological polar surface area (TPSA) is 66.0 Å². The van der Waals surface area contributed by atoms with Gasteiger partial charge in [-0.3, -0.25) is 9.79 Å². The Kier molecular flexibility index (Phi) is 11.0. The number of benzene rings is 1. The van der Waals surface area contributed by atoms with Crippen LogP contribution in [0.5, 0.6) is 5.75 Å². The van der Waals surface area contributed by atoms with E-state index in [2.05, 4.69) is 20.4 Å². The summed E-state index contributed by atoms with van der Waals surface area (Å²) in [5, 5.41) is 6.02. The Bertz CT molecular complexity index is 583. The van der Waals surface area contributed by atoms with Crippen LogP contribution in [0.1, 0.15) is 17.5 Å². The number of ether oxygens (including phenoxy) is 1. The van der Waals surface area contributed by atoms with E-state index < -0.39 is 6.61 Å². The molecule has 0 fully saturated rings. The summed E-state index contributed by atoms with van der Waals surface area (Å²) in [5.41, 5.74) is 1.54. The largest absolute Gasteiger partial charge is 0.434 e. The highest BCUT2D eigenvalue weighted by Gasteiger charge is 2.11. The first-order chi connectivity index (χ1) is 11.3. The molecule has 0 aromatic heterocycles. The SMILES string of the molecule is CN=C(NCCC(=O)N(C)C)NCc1cc(C)ccc1OC(F)F.I. The molecule has 1 amide bonds. The number of hydrogen-bond donors (Lipinski definition) is 2. The molecular formula is C16H25F2IN4O2. The summed E-state index contributed by atoms with van der Waals surface area (Å²) in [6.07, 6.45) is 0.331. The number of rotatable bonds is 7. The van der Waals surface area contributed by atoms with Crippen molar-refractivity contribution in [3.05, 3.63) is 29.3 Å². The number of aryl methyl sites for hydroxylation is 1. The average Bonchev–Trinajstić information content (AvgIpc) is 2.52. The zero-order valence-electron chi connectivity index (χ0n) is 14.8. The minimum atomic E-state index is -2.87. The van der Waals surface area contributed by atoms with E-state index in [-0.39, 0.29) is 42.2 Å². The molecule has 1 aromatic carbocycles. The standard InChI is InChI=1S/C16H24F2N4O2.HI/c1-11-5-6-13(24-15(17)18)12(9-11)10-21-16(19-2)20-8-7-14(23)22(3)4;/h5-6,9,15H,7-8,10H2,1-4H3,(H2,19,20,21);1H. The number of guanidine groups is 1. The number of halogens is 3. The molecule has 9 heteroatoms. The van der Waals surface area contributed by atoms with E-state index in [1.54, 1.807) is 33.3 Å². The van der Waals surface area contributed by atoms with Gasteiger partial charge in [-0.2, -0.15) is 8.78 Å². The Morgan fingerprint density at radius 3 is 2.56 bits per heavy atom. The third kappa shape index (κ3) is 8.84. The molecule has 0 saturated carbocycles. The monoisotopic (exact) mass is 470 g/mol. The van der Waals surface area contributed by atoms with Crippen molar-refractivity contribution >= 4 is 35.8 Å². The molecule has 1 rings (SSSR count). The average molecular weight is 470 g/mol. The quantitative estimate of drug-likeness (QED) is 0.365. The Hall–Kier alpha value is -1.65. The van der Waals surface area contributed by atoms with E-state index in [4.69, 9.17) is 0 Å². The van der Waals surface area contributed by atoms with Gasteiger partial charge in [-0.1, -0.05) is 17.7 Å². The van der Waals surface area contributed by atoms with Crippen LogP contribution in [-0.4, -0.2) is 51.1 Å². The lowest BCUT2D eigenvalue weighted by molar-refractivity contribution is -0.128. The third-order valence-electron chi connectivity index (χ3n) is 3.23. The van der Waals surface area contributed by atoms with E-state index in [9.17, 15) is 13.6 Å². The molecule has 0 aliphatic rings. The first-order valence-corrected chi connectivity index (χ1v) is 7.52. The highest BCUT2D eigenvalue weighted by molar-refractivity contribution is 14.0. The summed E-state index contributed by atoms with van der Waals surface area (Å²) < 4.78 is 29.4. The van der Waals surface area contributed by atoms with Gasteiger partial charge in [0.15, 0.2) is 5.96 Å². The number of hydrogen-bond acceptors (Lipinski definition) is 3. The Labute approximate surface area is 164 Å². The molecule has 0 aliphatic carbocycles. The Morgan fingerprint density at radius 2 is 2.00 bits per heavy atom. The molecular weight excluding hydrogens is 445 g/mol. The summed E-state index contributed by atoms with van der Waals surface area (Å²) in [5.74, 6) is 0.608. The number of carbonyl (C=O) groups excluding carboxylic acids is 1. The zero-order chi connectivity index (χ0) is 18.1. The highest BCUT2D eigenvalue weighted by Crippen LogP contribution is 2.21. The van der Waals surface area contributed by atoms with Crippen molar-refractivity contribution in [2.75, 3.05) is 27.7 Å². The van der Waals surface area contributed by atoms with Crippen LogP contribution in [0.25, 0.3) is 0 Å². The molecule has 142 valence electrons. The van der Waals surface area contributed by atoms with Crippen molar-refractivity contribution in [1.29, 1.82) is 0 Å².